The van der Waals surface area contributed by atoms with Crippen LogP contribution in [0.25, 0.3) is 6.08 Å². The van der Waals surface area contributed by atoms with Crippen LogP contribution in [-0.4, -0.2) is 12.5 Å². The second-order valence-electron chi connectivity index (χ2n) is 4.50. The van der Waals surface area contributed by atoms with E-state index in [4.69, 9.17) is 0 Å². The molecule has 0 aliphatic carbocycles. The lowest BCUT2D eigenvalue weighted by Crippen LogP contribution is -2.28. The van der Waals surface area contributed by atoms with Crippen LogP contribution in [0.2, 0.25) is 0 Å². The first-order chi connectivity index (χ1) is 7.95. The van der Waals surface area contributed by atoms with E-state index in [9.17, 15) is 9.18 Å². The van der Waals surface area contributed by atoms with Gasteiger partial charge in [-0.15, -0.1) is 0 Å². The molecule has 0 heterocycles. The first-order valence-corrected chi connectivity index (χ1v) is 5.66. The van der Waals surface area contributed by atoms with Gasteiger partial charge in [0.1, 0.15) is 5.82 Å². The maximum absolute atomic E-state index is 13.5. The van der Waals surface area contributed by atoms with Gasteiger partial charge in [-0.25, -0.2) is 4.39 Å². The molecule has 1 aromatic carbocycles. The Labute approximate surface area is 102 Å². The highest BCUT2D eigenvalue weighted by Gasteiger charge is 2.12. The van der Waals surface area contributed by atoms with Crippen LogP contribution in [0.15, 0.2) is 18.7 Å². The Balaban J connectivity index is 2.94. The van der Waals surface area contributed by atoms with E-state index in [2.05, 4.69) is 11.9 Å². The molecule has 0 saturated carbocycles. The number of carbonyl (C=O) groups excluding carboxylic acids is 1. The van der Waals surface area contributed by atoms with Gasteiger partial charge in [0, 0.05) is 17.7 Å². The molecule has 0 bridgehead atoms. The van der Waals surface area contributed by atoms with Crippen LogP contribution < -0.4 is 5.32 Å². The Morgan fingerprint density at radius 2 is 2.18 bits per heavy atom. The number of aryl methyl sites for hydroxylation is 1. The van der Waals surface area contributed by atoms with Crippen LogP contribution in [0.1, 0.15) is 35.3 Å². The lowest BCUT2D eigenvalue weighted by molar-refractivity contribution is 0.0948. The Bertz CT molecular complexity index is 438. The molecule has 1 rings (SSSR count). The molecule has 0 unspecified atom stereocenters. The third-order valence-corrected chi connectivity index (χ3v) is 2.48. The molecule has 0 radical (unpaired) electrons. The number of carbonyl (C=O) groups is 1. The number of benzene rings is 1. The third kappa shape index (κ3) is 3.41. The largest absolute Gasteiger partial charge is 0.352 e. The van der Waals surface area contributed by atoms with Crippen LogP contribution in [-0.2, 0) is 0 Å². The van der Waals surface area contributed by atoms with E-state index >= 15 is 0 Å². The molecule has 92 valence electrons. The number of halogens is 1. The van der Waals surface area contributed by atoms with E-state index in [0.29, 0.717) is 23.6 Å². The molecule has 1 aromatic rings. The standard InChI is InChI=1S/C14H18FNO/c1-5-11-6-10(4)12(7-13(11)15)14(17)16-8-9(2)3/h5-7,9H,1,8H2,2-4H3,(H,16,17). The molecule has 0 aromatic heterocycles. The predicted octanol–water partition coefficient (Wildman–Crippen LogP) is 3.16. The molecule has 1 amide bonds. The second kappa shape index (κ2) is 5.62. The van der Waals surface area contributed by atoms with Crippen LogP contribution in [0.4, 0.5) is 4.39 Å². The van der Waals surface area contributed by atoms with Gasteiger partial charge in [0.2, 0.25) is 0 Å². The van der Waals surface area contributed by atoms with Gasteiger partial charge in [0.15, 0.2) is 0 Å². The lowest BCUT2D eigenvalue weighted by atomic mass is 10.0. The minimum atomic E-state index is -0.416. The van der Waals surface area contributed by atoms with Gasteiger partial charge >= 0.3 is 0 Å². The van der Waals surface area contributed by atoms with Crippen molar-refractivity contribution >= 4 is 12.0 Å². The van der Waals surface area contributed by atoms with Crippen molar-refractivity contribution < 1.29 is 9.18 Å². The molecule has 2 nitrogen and oxygen atoms in total. The van der Waals surface area contributed by atoms with Crippen molar-refractivity contribution in [3.05, 3.63) is 41.2 Å². The zero-order valence-corrected chi connectivity index (χ0v) is 10.5. The Hall–Kier alpha value is -1.64. The summed E-state index contributed by atoms with van der Waals surface area (Å²) in [5, 5.41) is 2.77. The maximum atomic E-state index is 13.5. The minimum Gasteiger partial charge on any atom is -0.352 e. The number of hydrogen-bond acceptors (Lipinski definition) is 1. The molecular formula is C14H18FNO. The number of amides is 1. The molecular weight excluding hydrogens is 217 g/mol. The molecule has 17 heavy (non-hydrogen) atoms. The summed E-state index contributed by atoms with van der Waals surface area (Å²) in [5.74, 6) is -0.275. The predicted molar refractivity (Wildman–Crippen MR) is 68.4 cm³/mol. The Kier molecular flexibility index (Phi) is 4.44. The van der Waals surface area contributed by atoms with Gasteiger partial charge in [-0.3, -0.25) is 4.79 Å². The Morgan fingerprint density at radius 1 is 1.53 bits per heavy atom. The summed E-state index contributed by atoms with van der Waals surface area (Å²) >= 11 is 0. The SMILES string of the molecule is C=Cc1cc(C)c(C(=O)NCC(C)C)cc1F. The lowest BCUT2D eigenvalue weighted by Gasteiger charge is -2.10. The average molecular weight is 235 g/mol. The second-order valence-corrected chi connectivity index (χ2v) is 4.50. The van der Waals surface area contributed by atoms with Crippen molar-refractivity contribution in [3.63, 3.8) is 0 Å². The number of hydrogen-bond donors (Lipinski definition) is 1. The van der Waals surface area contributed by atoms with Crippen molar-refractivity contribution in [3.8, 4) is 0 Å². The highest BCUT2D eigenvalue weighted by molar-refractivity contribution is 5.95. The van der Waals surface area contributed by atoms with Gasteiger partial charge in [0.25, 0.3) is 5.91 Å². The normalized spacial score (nSPS) is 10.4. The van der Waals surface area contributed by atoms with Crippen molar-refractivity contribution in [2.75, 3.05) is 6.54 Å². The van der Waals surface area contributed by atoms with E-state index in [-0.39, 0.29) is 5.91 Å². The summed E-state index contributed by atoms with van der Waals surface area (Å²) in [6.45, 7) is 9.92. The van der Waals surface area contributed by atoms with Crippen molar-refractivity contribution in [2.45, 2.75) is 20.8 Å². The Morgan fingerprint density at radius 3 is 2.71 bits per heavy atom. The fraction of sp³-hybridized carbons (Fsp3) is 0.357. The van der Waals surface area contributed by atoms with Gasteiger partial charge < -0.3 is 5.32 Å². The molecule has 1 N–H and O–H groups in total. The van der Waals surface area contributed by atoms with Gasteiger partial charge in [-0.05, 0) is 30.5 Å². The molecule has 0 fully saturated rings. The highest BCUT2D eigenvalue weighted by Crippen LogP contribution is 2.16. The van der Waals surface area contributed by atoms with E-state index < -0.39 is 5.82 Å². The number of nitrogens with one attached hydrogen (secondary N) is 1. The molecule has 0 aliphatic rings. The molecule has 0 spiro atoms. The van der Waals surface area contributed by atoms with Gasteiger partial charge in [0.05, 0.1) is 0 Å². The molecule has 0 saturated heterocycles. The van der Waals surface area contributed by atoms with Crippen LogP contribution in [0, 0.1) is 18.7 Å². The summed E-state index contributed by atoms with van der Waals surface area (Å²) in [5.41, 5.74) is 1.55. The van der Waals surface area contributed by atoms with Crippen LogP contribution in [0.3, 0.4) is 0 Å². The third-order valence-electron chi connectivity index (χ3n) is 2.48. The average Bonchev–Trinajstić information content (AvgIpc) is 2.28. The minimum absolute atomic E-state index is 0.231. The molecule has 0 atom stereocenters. The fourth-order valence-electron chi connectivity index (χ4n) is 1.50. The van der Waals surface area contributed by atoms with Crippen LogP contribution >= 0.6 is 0 Å². The van der Waals surface area contributed by atoms with E-state index in [1.165, 1.54) is 12.1 Å². The summed E-state index contributed by atoms with van der Waals surface area (Å²) < 4.78 is 13.5. The first-order valence-electron chi connectivity index (χ1n) is 5.66. The first kappa shape index (κ1) is 13.4. The number of rotatable bonds is 4. The van der Waals surface area contributed by atoms with Crippen molar-refractivity contribution in [2.24, 2.45) is 5.92 Å². The smallest absolute Gasteiger partial charge is 0.251 e. The monoisotopic (exact) mass is 235 g/mol. The molecule has 0 aliphatic heterocycles. The quantitative estimate of drug-likeness (QED) is 0.853. The van der Waals surface area contributed by atoms with Gasteiger partial charge in [-0.2, -0.15) is 0 Å². The summed E-state index contributed by atoms with van der Waals surface area (Å²) in [6.07, 6.45) is 1.44. The van der Waals surface area contributed by atoms with Crippen molar-refractivity contribution in [1.82, 2.24) is 5.32 Å². The summed E-state index contributed by atoms with van der Waals surface area (Å²) in [7, 11) is 0. The molecule has 3 heteroatoms. The van der Waals surface area contributed by atoms with Gasteiger partial charge in [-0.1, -0.05) is 26.5 Å². The fourth-order valence-corrected chi connectivity index (χ4v) is 1.50. The summed E-state index contributed by atoms with van der Waals surface area (Å²) in [4.78, 5) is 11.8. The zero-order valence-electron chi connectivity index (χ0n) is 10.5. The van der Waals surface area contributed by atoms with Crippen molar-refractivity contribution in [1.29, 1.82) is 0 Å². The summed E-state index contributed by atoms with van der Waals surface area (Å²) in [6, 6.07) is 2.90. The topological polar surface area (TPSA) is 29.1 Å². The van der Waals surface area contributed by atoms with Crippen LogP contribution in [0.5, 0.6) is 0 Å². The zero-order chi connectivity index (χ0) is 13.0. The van der Waals surface area contributed by atoms with E-state index in [1.54, 1.807) is 13.0 Å². The highest BCUT2D eigenvalue weighted by atomic mass is 19.1. The maximum Gasteiger partial charge on any atom is 0.251 e. The van der Waals surface area contributed by atoms with E-state index in [1.807, 2.05) is 13.8 Å². The van der Waals surface area contributed by atoms with E-state index in [0.717, 1.165) is 5.56 Å².